The van der Waals surface area contributed by atoms with Crippen molar-refractivity contribution in [1.82, 2.24) is 14.6 Å². The van der Waals surface area contributed by atoms with Crippen molar-refractivity contribution < 1.29 is 9.53 Å². The van der Waals surface area contributed by atoms with Gasteiger partial charge >= 0.3 is 0 Å². The number of H-pyrrole nitrogens is 1. The third kappa shape index (κ3) is 4.52. The number of anilines is 1. The van der Waals surface area contributed by atoms with Crippen LogP contribution >= 0.6 is 0 Å². The third-order valence-electron chi connectivity index (χ3n) is 5.12. The largest absolute Gasteiger partial charge is 0.489 e. The molecule has 0 unspecified atom stereocenters. The zero-order valence-corrected chi connectivity index (χ0v) is 17.7. The SMILES string of the molecule is Cc1nc2cc(=O)[nH]n2c(C)c1CC(=O)Nc1cccc(OCc2cccc(C#N)c2)c1. The van der Waals surface area contributed by atoms with Crippen LogP contribution in [0.15, 0.2) is 59.4 Å². The molecular formula is C24H21N5O3. The molecule has 0 saturated heterocycles. The number of ether oxygens (including phenoxy) is 1. The maximum atomic E-state index is 12.7. The summed E-state index contributed by atoms with van der Waals surface area (Å²) in [6.45, 7) is 3.98. The van der Waals surface area contributed by atoms with Crippen molar-refractivity contribution >= 4 is 17.2 Å². The lowest BCUT2D eigenvalue weighted by atomic mass is 10.1. The molecule has 0 radical (unpaired) electrons. The van der Waals surface area contributed by atoms with E-state index in [1.807, 2.05) is 26.0 Å². The Hall–Kier alpha value is -4.38. The Morgan fingerprint density at radius 1 is 1.19 bits per heavy atom. The van der Waals surface area contributed by atoms with E-state index in [9.17, 15) is 9.59 Å². The van der Waals surface area contributed by atoms with Crippen LogP contribution in [0.4, 0.5) is 5.69 Å². The number of hydrogen-bond donors (Lipinski definition) is 2. The lowest BCUT2D eigenvalue weighted by Gasteiger charge is -2.12. The highest BCUT2D eigenvalue weighted by Crippen LogP contribution is 2.20. The van der Waals surface area contributed by atoms with Gasteiger partial charge in [-0.05, 0) is 43.7 Å². The number of carbonyl (C=O) groups excluding carboxylic acids is 1. The molecule has 0 aliphatic carbocycles. The predicted octanol–water partition coefficient (Wildman–Crippen LogP) is 3.27. The van der Waals surface area contributed by atoms with Crippen LogP contribution in [0.2, 0.25) is 0 Å². The van der Waals surface area contributed by atoms with Gasteiger partial charge in [-0.1, -0.05) is 18.2 Å². The molecule has 32 heavy (non-hydrogen) atoms. The second-order valence-corrected chi connectivity index (χ2v) is 7.43. The molecule has 4 rings (SSSR count). The predicted molar refractivity (Wildman–Crippen MR) is 120 cm³/mol. The lowest BCUT2D eigenvalue weighted by molar-refractivity contribution is -0.115. The third-order valence-corrected chi connectivity index (χ3v) is 5.12. The summed E-state index contributed by atoms with van der Waals surface area (Å²) in [5.74, 6) is 0.399. The van der Waals surface area contributed by atoms with Crippen LogP contribution in [0.1, 0.15) is 28.1 Å². The van der Waals surface area contributed by atoms with E-state index in [1.165, 1.54) is 6.07 Å². The van der Waals surface area contributed by atoms with Crippen LogP contribution < -0.4 is 15.6 Å². The van der Waals surface area contributed by atoms with Crippen molar-refractivity contribution in [2.45, 2.75) is 26.9 Å². The number of hydrogen-bond acceptors (Lipinski definition) is 5. The molecule has 160 valence electrons. The molecule has 4 aromatic rings. The van der Waals surface area contributed by atoms with Crippen molar-refractivity contribution in [3.05, 3.63) is 93.0 Å². The Morgan fingerprint density at radius 2 is 2.00 bits per heavy atom. The highest BCUT2D eigenvalue weighted by molar-refractivity contribution is 5.92. The van der Waals surface area contributed by atoms with Crippen molar-refractivity contribution in [3.63, 3.8) is 0 Å². The number of aromatic amines is 1. The minimum absolute atomic E-state index is 0.118. The maximum Gasteiger partial charge on any atom is 0.266 e. The van der Waals surface area contributed by atoms with E-state index in [0.29, 0.717) is 34.9 Å². The van der Waals surface area contributed by atoms with Crippen LogP contribution in [-0.4, -0.2) is 20.5 Å². The molecule has 1 amide bonds. The van der Waals surface area contributed by atoms with Crippen molar-refractivity contribution in [3.8, 4) is 11.8 Å². The van der Waals surface area contributed by atoms with E-state index in [-0.39, 0.29) is 17.9 Å². The average Bonchev–Trinajstić information content (AvgIpc) is 3.16. The Bertz CT molecular complexity index is 1410. The van der Waals surface area contributed by atoms with Gasteiger partial charge in [0.2, 0.25) is 5.91 Å². The fraction of sp³-hybridized carbons (Fsp3) is 0.167. The number of nitriles is 1. The minimum atomic E-state index is -0.238. The molecule has 8 heteroatoms. The van der Waals surface area contributed by atoms with Crippen molar-refractivity contribution in [2.75, 3.05) is 5.32 Å². The van der Waals surface area contributed by atoms with E-state index in [0.717, 1.165) is 16.8 Å². The van der Waals surface area contributed by atoms with Gasteiger partial charge in [0.05, 0.1) is 18.1 Å². The molecule has 0 saturated carbocycles. The fourth-order valence-corrected chi connectivity index (χ4v) is 3.54. The average molecular weight is 427 g/mol. The zero-order valence-electron chi connectivity index (χ0n) is 17.7. The van der Waals surface area contributed by atoms with Gasteiger partial charge in [-0.2, -0.15) is 5.26 Å². The Morgan fingerprint density at radius 3 is 2.81 bits per heavy atom. The van der Waals surface area contributed by atoms with Gasteiger partial charge < -0.3 is 10.1 Å². The van der Waals surface area contributed by atoms with Gasteiger partial charge in [-0.15, -0.1) is 0 Å². The first kappa shape index (κ1) is 20.9. The lowest BCUT2D eigenvalue weighted by Crippen LogP contribution is -2.18. The summed E-state index contributed by atoms with van der Waals surface area (Å²) < 4.78 is 7.40. The van der Waals surface area contributed by atoms with Crippen LogP contribution in [0.3, 0.4) is 0 Å². The molecule has 2 aromatic heterocycles. The molecule has 2 heterocycles. The number of fused-ring (bicyclic) bond motifs is 1. The summed E-state index contributed by atoms with van der Waals surface area (Å²) in [5.41, 5.74) is 4.58. The van der Waals surface area contributed by atoms with E-state index in [2.05, 4.69) is 21.5 Å². The Balaban J connectivity index is 1.44. The fourth-order valence-electron chi connectivity index (χ4n) is 3.54. The smallest absolute Gasteiger partial charge is 0.266 e. The van der Waals surface area contributed by atoms with E-state index < -0.39 is 0 Å². The molecule has 0 aliphatic heterocycles. The van der Waals surface area contributed by atoms with Gasteiger partial charge in [0.15, 0.2) is 5.65 Å². The number of benzene rings is 2. The summed E-state index contributed by atoms with van der Waals surface area (Å²) in [4.78, 5) is 28.7. The monoisotopic (exact) mass is 427 g/mol. The Labute approximate surface area is 184 Å². The molecule has 0 aliphatic rings. The van der Waals surface area contributed by atoms with E-state index in [4.69, 9.17) is 10.00 Å². The van der Waals surface area contributed by atoms with Gasteiger partial charge in [0.25, 0.3) is 5.56 Å². The van der Waals surface area contributed by atoms with Crippen LogP contribution in [-0.2, 0) is 17.8 Å². The molecule has 8 nitrogen and oxygen atoms in total. The molecular weight excluding hydrogens is 406 g/mol. The van der Waals surface area contributed by atoms with E-state index in [1.54, 1.807) is 40.9 Å². The van der Waals surface area contributed by atoms with Crippen LogP contribution in [0, 0.1) is 25.2 Å². The number of carbonyl (C=O) groups is 1. The molecule has 0 atom stereocenters. The summed E-state index contributed by atoms with van der Waals surface area (Å²) in [6.07, 6.45) is 0.118. The standard InChI is InChI=1S/C24H21N5O3/c1-15-21(16(2)29-22(26-15)12-24(31)28-29)11-23(30)27-19-7-4-8-20(10-19)32-14-18-6-3-5-17(9-18)13-25/h3-10,12H,11,14H2,1-2H3,(H,27,30)(H,28,31). The first-order valence-corrected chi connectivity index (χ1v) is 10.0. The first-order valence-electron chi connectivity index (χ1n) is 10.0. The maximum absolute atomic E-state index is 12.7. The number of aromatic nitrogens is 3. The summed E-state index contributed by atoms with van der Waals surface area (Å²) in [5, 5.41) is 14.6. The highest BCUT2D eigenvalue weighted by Gasteiger charge is 2.14. The molecule has 0 fully saturated rings. The molecule has 0 spiro atoms. The molecule has 0 bridgehead atoms. The molecule has 2 N–H and O–H groups in total. The van der Waals surface area contributed by atoms with Gasteiger partial charge in [-0.3, -0.25) is 14.7 Å². The quantitative estimate of drug-likeness (QED) is 0.490. The van der Waals surface area contributed by atoms with Gasteiger partial charge in [0, 0.05) is 34.8 Å². The van der Waals surface area contributed by atoms with Gasteiger partial charge in [0.1, 0.15) is 12.4 Å². The topological polar surface area (TPSA) is 112 Å². The van der Waals surface area contributed by atoms with Crippen molar-refractivity contribution in [1.29, 1.82) is 5.26 Å². The zero-order chi connectivity index (χ0) is 22.7. The number of nitrogens with one attached hydrogen (secondary N) is 2. The number of nitrogens with zero attached hydrogens (tertiary/aromatic N) is 3. The number of aryl methyl sites for hydroxylation is 2. The van der Waals surface area contributed by atoms with Gasteiger partial charge in [-0.25, -0.2) is 9.50 Å². The van der Waals surface area contributed by atoms with Crippen LogP contribution in [0.25, 0.3) is 5.65 Å². The minimum Gasteiger partial charge on any atom is -0.489 e. The summed E-state index contributed by atoms with van der Waals surface area (Å²) in [6, 6.07) is 17.9. The number of amides is 1. The van der Waals surface area contributed by atoms with Crippen molar-refractivity contribution in [2.24, 2.45) is 0 Å². The second kappa shape index (κ2) is 8.78. The highest BCUT2D eigenvalue weighted by atomic mass is 16.5. The Kier molecular flexibility index (Phi) is 5.73. The molecule has 2 aromatic carbocycles. The number of rotatable bonds is 6. The second-order valence-electron chi connectivity index (χ2n) is 7.43. The normalized spacial score (nSPS) is 10.7. The van der Waals surface area contributed by atoms with E-state index >= 15 is 0 Å². The first-order chi connectivity index (χ1) is 15.4. The van der Waals surface area contributed by atoms with Crippen LogP contribution in [0.5, 0.6) is 5.75 Å². The summed E-state index contributed by atoms with van der Waals surface area (Å²) in [7, 11) is 0. The summed E-state index contributed by atoms with van der Waals surface area (Å²) >= 11 is 0.